The van der Waals surface area contributed by atoms with Gasteiger partial charge in [-0.15, -0.1) is 0 Å². The minimum absolute atomic E-state index is 0.543. The van der Waals surface area contributed by atoms with Crippen LogP contribution in [-0.2, 0) is 11.2 Å². The third-order valence-corrected chi connectivity index (χ3v) is 4.32. The summed E-state index contributed by atoms with van der Waals surface area (Å²) in [6, 6.07) is 9.23. The quantitative estimate of drug-likeness (QED) is 0.859. The number of nitrogens with one attached hydrogen (secondary N) is 1. The van der Waals surface area contributed by atoms with Crippen LogP contribution in [0.4, 0.5) is 0 Å². The van der Waals surface area contributed by atoms with E-state index in [0.29, 0.717) is 12.0 Å². The lowest BCUT2D eigenvalue weighted by Gasteiger charge is -2.31. The fourth-order valence-electron chi connectivity index (χ4n) is 2.69. The maximum absolute atomic E-state index is 5.65. The minimum atomic E-state index is 0.543. The van der Waals surface area contributed by atoms with Crippen molar-refractivity contribution in [3.05, 3.63) is 34.3 Å². The molecule has 0 saturated carbocycles. The molecule has 0 amide bonds. The first-order chi connectivity index (χ1) is 9.29. The molecule has 0 radical (unpaired) electrons. The van der Waals surface area contributed by atoms with Crippen molar-refractivity contribution in [2.45, 2.75) is 38.6 Å². The molecule has 1 aromatic carbocycles. The van der Waals surface area contributed by atoms with Gasteiger partial charge in [0.1, 0.15) is 0 Å². The van der Waals surface area contributed by atoms with Crippen molar-refractivity contribution in [2.75, 3.05) is 19.8 Å². The van der Waals surface area contributed by atoms with E-state index in [0.717, 1.165) is 30.7 Å². The maximum Gasteiger partial charge on any atom is 0.0509 e. The van der Waals surface area contributed by atoms with E-state index < -0.39 is 0 Å². The van der Waals surface area contributed by atoms with Gasteiger partial charge in [-0.05, 0) is 55.8 Å². The summed E-state index contributed by atoms with van der Waals surface area (Å²) in [4.78, 5) is 0. The van der Waals surface area contributed by atoms with Gasteiger partial charge in [0.2, 0.25) is 0 Å². The molecule has 1 saturated heterocycles. The molecule has 2 unspecified atom stereocenters. The van der Waals surface area contributed by atoms with Crippen LogP contribution in [0.25, 0.3) is 0 Å². The van der Waals surface area contributed by atoms with Gasteiger partial charge >= 0.3 is 0 Å². The third-order valence-electron chi connectivity index (χ3n) is 3.79. The standard InChI is InChI=1S/C16H24BrNO/c1-2-9-18-16(14-4-3-10-19-12-14)11-13-5-7-15(17)8-6-13/h5-8,14,16,18H,2-4,9-12H2,1H3. The summed E-state index contributed by atoms with van der Waals surface area (Å²) >= 11 is 3.49. The largest absolute Gasteiger partial charge is 0.381 e. The van der Waals surface area contributed by atoms with Crippen LogP contribution in [0.3, 0.4) is 0 Å². The first kappa shape index (κ1) is 15.0. The van der Waals surface area contributed by atoms with E-state index in [2.05, 4.69) is 52.4 Å². The zero-order chi connectivity index (χ0) is 13.5. The van der Waals surface area contributed by atoms with Crippen molar-refractivity contribution in [2.24, 2.45) is 5.92 Å². The van der Waals surface area contributed by atoms with Gasteiger partial charge in [-0.25, -0.2) is 0 Å². The van der Waals surface area contributed by atoms with Crippen LogP contribution >= 0.6 is 15.9 Å². The first-order valence-corrected chi connectivity index (χ1v) is 8.14. The van der Waals surface area contributed by atoms with Crippen LogP contribution in [0.1, 0.15) is 31.7 Å². The molecule has 1 N–H and O–H groups in total. The molecule has 1 aromatic rings. The van der Waals surface area contributed by atoms with Crippen molar-refractivity contribution >= 4 is 15.9 Å². The summed E-state index contributed by atoms with van der Waals surface area (Å²) in [7, 11) is 0. The molecule has 106 valence electrons. The van der Waals surface area contributed by atoms with Crippen LogP contribution in [0, 0.1) is 5.92 Å². The molecule has 1 aliphatic rings. The first-order valence-electron chi connectivity index (χ1n) is 7.35. The molecule has 0 aromatic heterocycles. The Bertz CT molecular complexity index is 360. The molecule has 0 aliphatic carbocycles. The molecule has 1 heterocycles. The summed E-state index contributed by atoms with van der Waals surface area (Å²) < 4.78 is 6.80. The second kappa shape index (κ2) is 8.03. The van der Waals surface area contributed by atoms with Gasteiger partial charge in [0.25, 0.3) is 0 Å². The molecule has 0 spiro atoms. The highest BCUT2D eigenvalue weighted by Gasteiger charge is 2.23. The van der Waals surface area contributed by atoms with Crippen molar-refractivity contribution in [1.82, 2.24) is 5.32 Å². The van der Waals surface area contributed by atoms with E-state index in [9.17, 15) is 0 Å². The number of hydrogen-bond donors (Lipinski definition) is 1. The molecule has 2 rings (SSSR count). The minimum Gasteiger partial charge on any atom is -0.381 e. The number of halogens is 1. The second-order valence-electron chi connectivity index (χ2n) is 5.37. The van der Waals surface area contributed by atoms with Crippen molar-refractivity contribution in [3.63, 3.8) is 0 Å². The van der Waals surface area contributed by atoms with Gasteiger partial charge in [0, 0.05) is 17.1 Å². The lowest BCUT2D eigenvalue weighted by molar-refractivity contribution is 0.0393. The second-order valence-corrected chi connectivity index (χ2v) is 6.28. The average molecular weight is 326 g/mol. The van der Waals surface area contributed by atoms with E-state index in [1.54, 1.807) is 0 Å². The van der Waals surface area contributed by atoms with Gasteiger partial charge in [0.05, 0.1) is 6.61 Å². The Morgan fingerprint density at radius 2 is 2.16 bits per heavy atom. The van der Waals surface area contributed by atoms with Crippen LogP contribution in [0.5, 0.6) is 0 Å². The van der Waals surface area contributed by atoms with Crippen LogP contribution in [-0.4, -0.2) is 25.8 Å². The molecule has 1 fully saturated rings. The number of ether oxygens (including phenoxy) is 1. The summed E-state index contributed by atoms with van der Waals surface area (Å²) in [6.45, 7) is 5.17. The molecule has 1 aliphatic heterocycles. The predicted molar refractivity (Wildman–Crippen MR) is 83.5 cm³/mol. The Labute approximate surface area is 125 Å². The van der Waals surface area contributed by atoms with Crippen LogP contribution in [0.2, 0.25) is 0 Å². The Hall–Kier alpha value is -0.380. The highest BCUT2D eigenvalue weighted by atomic mass is 79.9. The molecule has 2 nitrogen and oxygen atoms in total. The fourth-order valence-corrected chi connectivity index (χ4v) is 2.96. The van der Waals surface area contributed by atoms with Crippen molar-refractivity contribution in [3.8, 4) is 0 Å². The van der Waals surface area contributed by atoms with Crippen molar-refractivity contribution in [1.29, 1.82) is 0 Å². The van der Waals surface area contributed by atoms with E-state index in [1.165, 1.54) is 24.8 Å². The zero-order valence-corrected chi connectivity index (χ0v) is 13.3. The molecule has 0 bridgehead atoms. The fraction of sp³-hybridized carbons (Fsp3) is 0.625. The van der Waals surface area contributed by atoms with Gasteiger partial charge in [0.15, 0.2) is 0 Å². The van der Waals surface area contributed by atoms with Gasteiger partial charge in [-0.1, -0.05) is 35.0 Å². The predicted octanol–water partition coefficient (Wildman–Crippen LogP) is 3.79. The Kier molecular flexibility index (Phi) is 6.35. The highest BCUT2D eigenvalue weighted by molar-refractivity contribution is 9.10. The van der Waals surface area contributed by atoms with Gasteiger partial charge in [-0.2, -0.15) is 0 Å². The molecule has 2 atom stereocenters. The summed E-state index contributed by atoms with van der Waals surface area (Å²) in [5, 5.41) is 3.71. The lowest BCUT2D eigenvalue weighted by atomic mass is 9.89. The molecular weight excluding hydrogens is 302 g/mol. The Morgan fingerprint density at radius 1 is 1.37 bits per heavy atom. The summed E-state index contributed by atoms with van der Waals surface area (Å²) in [6.07, 6.45) is 4.78. The van der Waals surface area contributed by atoms with Crippen LogP contribution in [0.15, 0.2) is 28.7 Å². The smallest absolute Gasteiger partial charge is 0.0509 e. The number of benzene rings is 1. The normalized spacial score (nSPS) is 21.3. The molecule has 3 heteroatoms. The molecule has 19 heavy (non-hydrogen) atoms. The monoisotopic (exact) mass is 325 g/mol. The summed E-state index contributed by atoms with van der Waals surface area (Å²) in [5.74, 6) is 0.656. The van der Waals surface area contributed by atoms with E-state index in [1.807, 2.05) is 0 Å². The highest BCUT2D eigenvalue weighted by Crippen LogP contribution is 2.21. The number of rotatable bonds is 6. The SMILES string of the molecule is CCCNC(Cc1ccc(Br)cc1)C1CCCOC1. The summed E-state index contributed by atoms with van der Waals surface area (Å²) in [5.41, 5.74) is 1.40. The maximum atomic E-state index is 5.65. The Balaban J connectivity index is 1.97. The topological polar surface area (TPSA) is 21.3 Å². The lowest BCUT2D eigenvalue weighted by Crippen LogP contribution is -2.42. The van der Waals surface area contributed by atoms with Gasteiger partial charge < -0.3 is 10.1 Å². The molecular formula is C16H24BrNO. The van der Waals surface area contributed by atoms with Gasteiger partial charge in [-0.3, -0.25) is 0 Å². The van der Waals surface area contributed by atoms with E-state index in [4.69, 9.17) is 4.74 Å². The van der Waals surface area contributed by atoms with E-state index in [-0.39, 0.29) is 0 Å². The average Bonchev–Trinajstić information content (AvgIpc) is 2.46. The zero-order valence-electron chi connectivity index (χ0n) is 11.7. The van der Waals surface area contributed by atoms with Crippen LogP contribution < -0.4 is 5.32 Å². The van der Waals surface area contributed by atoms with E-state index >= 15 is 0 Å². The Morgan fingerprint density at radius 3 is 2.79 bits per heavy atom. The van der Waals surface area contributed by atoms with Crippen molar-refractivity contribution < 1.29 is 4.74 Å². The third kappa shape index (κ3) is 4.90. The number of hydrogen-bond acceptors (Lipinski definition) is 2.